The van der Waals surface area contributed by atoms with Crippen molar-refractivity contribution >= 4 is 36.0 Å². The largest absolute Gasteiger partial charge is 0.467 e. The van der Waals surface area contributed by atoms with E-state index in [1.54, 1.807) is 18.2 Å². The number of aliphatic imine (C=N–C) groups is 1. The summed E-state index contributed by atoms with van der Waals surface area (Å²) in [5, 5.41) is 6.47. The van der Waals surface area contributed by atoms with Crippen LogP contribution in [0.4, 0.5) is 4.79 Å². The Morgan fingerprint density at radius 1 is 1.13 bits per heavy atom. The molecule has 0 aliphatic rings. The van der Waals surface area contributed by atoms with Gasteiger partial charge < -0.3 is 24.7 Å². The van der Waals surface area contributed by atoms with E-state index in [0.29, 0.717) is 19.6 Å². The molecule has 0 radical (unpaired) electrons. The van der Waals surface area contributed by atoms with E-state index >= 15 is 0 Å². The predicted octanol–water partition coefficient (Wildman–Crippen LogP) is 4.52. The van der Waals surface area contributed by atoms with Crippen molar-refractivity contribution in [3.05, 3.63) is 59.5 Å². The van der Waals surface area contributed by atoms with Gasteiger partial charge in [0.1, 0.15) is 11.4 Å². The molecule has 1 aromatic carbocycles. The van der Waals surface area contributed by atoms with Crippen molar-refractivity contribution in [1.82, 2.24) is 15.5 Å². The van der Waals surface area contributed by atoms with E-state index in [-0.39, 0.29) is 30.1 Å². The SMILES string of the molecule is CCNC(=NCc1ccc(CN(C)C(=O)OC(C)(C)C)cc1)NCc1ccco1.I. The van der Waals surface area contributed by atoms with Crippen LogP contribution in [0.1, 0.15) is 44.6 Å². The Hall–Kier alpha value is -2.23. The Morgan fingerprint density at radius 3 is 2.37 bits per heavy atom. The summed E-state index contributed by atoms with van der Waals surface area (Å²) in [6.45, 7) is 10.0. The maximum Gasteiger partial charge on any atom is 0.410 e. The number of nitrogens with one attached hydrogen (secondary N) is 2. The molecule has 0 saturated heterocycles. The summed E-state index contributed by atoms with van der Waals surface area (Å²) in [4.78, 5) is 18.3. The number of hydrogen-bond acceptors (Lipinski definition) is 4. The van der Waals surface area contributed by atoms with E-state index in [9.17, 15) is 4.79 Å². The third-order valence-electron chi connectivity index (χ3n) is 3.92. The second-order valence-corrected chi connectivity index (χ2v) is 7.78. The quantitative estimate of drug-likeness (QED) is 0.314. The van der Waals surface area contributed by atoms with Gasteiger partial charge in [0, 0.05) is 20.1 Å². The highest BCUT2D eigenvalue weighted by molar-refractivity contribution is 14.0. The number of rotatable bonds is 7. The zero-order valence-corrected chi connectivity index (χ0v) is 20.7. The molecule has 0 bridgehead atoms. The normalized spacial score (nSPS) is 11.4. The topological polar surface area (TPSA) is 79.1 Å². The van der Waals surface area contributed by atoms with Gasteiger partial charge in [-0.05, 0) is 51.0 Å². The minimum Gasteiger partial charge on any atom is -0.467 e. The molecule has 0 unspecified atom stereocenters. The van der Waals surface area contributed by atoms with Crippen molar-refractivity contribution in [2.45, 2.75) is 52.9 Å². The fraction of sp³-hybridized carbons (Fsp3) is 0.455. The second kappa shape index (κ2) is 12.5. The van der Waals surface area contributed by atoms with Crippen molar-refractivity contribution < 1.29 is 13.9 Å². The zero-order chi connectivity index (χ0) is 21.3. The van der Waals surface area contributed by atoms with Crippen LogP contribution in [0.5, 0.6) is 0 Å². The number of guanidine groups is 1. The molecule has 2 rings (SSSR count). The highest BCUT2D eigenvalue weighted by Crippen LogP contribution is 2.12. The Labute approximate surface area is 196 Å². The van der Waals surface area contributed by atoms with Gasteiger partial charge >= 0.3 is 6.09 Å². The molecule has 30 heavy (non-hydrogen) atoms. The van der Waals surface area contributed by atoms with E-state index in [2.05, 4.69) is 15.6 Å². The third kappa shape index (κ3) is 9.51. The first kappa shape index (κ1) is 25.8. The lowest BCUT2D eigenvalue weighted by molar-refractivity contribution is 0.0285. The Balaban J connectivity index is 0.00000450. The molecule has 2 aromatic rings. The molecule has 2 N–H and O–H groups in total. The van der Waals surface area contributed by atoms with Crippen LogP contribution in [0, 0.1) is 0 Å². The van der Waals surface area contributed by atoms with Crippen LogP contribution < -0.4 is 10.6 Å². The van der Waals surface area contributed by atoms with Crippen LogP contribution in [0.25, 0.3) is 0 Å². The number of amides is 1. The minimum atomic E-state index is -0.498. The summed E-state index contributed by atoms with van der Waals surface area (Å²) in [5.41, 5.74) is 1.63. The smallest absolute Gasteiger partial charge is 0.410 e. The molecular weight excluding hydrogens is 495 g/mol. The van der Waals surface area contributed by atoms with Gasteiger partial charge in [0.2, 0.25) is 0 Å². The van der Waals surface area contributed by atoms with Crippen LogP contribution >= 0.6 is 24.0 Å². The number of halogens is 1. The number of nitrogens with zero attached hydrogens (tertiary/aromatic N) is 2. The Morgan fingerprint density at radius 2 is 1.80 bits per heavy atom. The molecule has 7 nitrogen and oxygen atoms in total. The summed E-state index contributed by atoms with van der Waals surface area (Å²) < 4.78 is 10.7. The monoisotopic (exact) mass is 528 g/mol. The van der Waals surface area contributed by atoms with Crippen LogP contribution in [0.15, 0.2) is 52.1 Å². The molecular formula is C22H33IN4O3. The first-order valence-electron chi connectivity index (χ1n) is 9.83. The third-order valence-corrected chi connectivity index (χ3v) is 3.92. The lowest BCUT2D eigenvalue weighted by Gasteiger charge is -2.24. The van der Waals surface area contributed by atoms with Crippen molar-refractivity contribution in [3.8, 4) is 0 Å². The van der Waals surface area contributed by atoms with Crippen molar-refractivity contribution in [1.29, 1.82) is 0 Å². The maximum atomic E-state index is 12.1. The first-order valence-corrected chi connectivity index (χ1v) is 9.83. The summed E-state index contributed by atoms with van der Waals surface area (Å²) in [5.74, 6) is 1.59. The summed E-state index contributed by atoms with van der Waals surface area (Å²) in [6.07, 6.45) is 1.33. The summed E-state index contributed by atoms with van der Waals surface area (Å²) in [7, 11) is 1.74. The molecule has 8 heteroatoms. The van der Waals surface area contributed by atoms with Crippen LogP contribution in [0.2, 0.25) is 0 Å². The van der Waals surface area contributed by atoms with E-state index in [1.165, 1.54) is 0 Å². The fourth-order valence-electron chi connectivity index (χ4n) is 2.52. The molecule has 0 fully saturated rings. The second-order valence-electron chi connectivity index (χ2n) is 7.78. The van der Waals surface area contributed by atoms with E-state index in [4.69, 9.17) is 9.15 Å². The van der Waals surface area contributed by atoms with Crippen molar-refractivity contribution in [3.63, 3.8) is 0 Å². The lowest BCUT2D eigenvalue weighted by atomic mass is 10.1. The van der Waals surface area contributed by atoms with Crippen molar-refractivity contribution in [2.24, 2.45) is 4.99 Å². The number of benzene rings is 1. The number of ether oxygens (including phenoxy) is 1. The maximum absolute atomic E-state index is 12.1. The van der Waals surface area contributed by atoms with Gasteiger partial charge in [-0.15, -0.1) is 24.0 Å². The van der Waals surface area contributed by atoms with Crippen molar-refractivity contribution in [2.75, 3.05) is 13.6 Å². The molecule has 1 amide bonds. The molecule has 0 atom stereocenters. The standard InChI is InChI=1S/C22H32N4O3.HI/c1-6-23-20(25-15-19-8-7-13-28-19)24-14-17-9-11-18(12-10-17)16-26(5)21(27)29-22(2,3)4;/h7-13H,6,14-16H2,1-5H3,(H2,23,24,25);1H. The van der Waals surface area contributed by atoms with Crippen LogP contribution in [-0.4, -0.2) is 36.1 Å². The Bertz CT molecular complexity index is 784. The zero-order valence-electron chi connectivity index (χ0n) is 18.4. The van der Waals surface area contributed by atoms with Gasteiger partial charge in [-0.25, -0.2) is 9.79 Å². The van der Waals surface area contributed by atoms with E-state index < -0.39 is 5.60 Å². The highest BCUT2D eigenvalue weighted by atomic mass is 127. The van der Waals surface area contributed by atoms with E-state index in [1.807, 2.05) is 64.1 Å². The first-order chi connectivity index (χ1) is 13.8. The van der Waals surface area contributed by atoms with Gasteiger partial charge in [0.05, 0.1) is 19.4 Å². The number of hydrogen-bond donors (Lipinski definition) is 2. The van der Waals surface area contributed by atoms with Gasteiger partial charge in [-0.3, -0.25) is 0 Å². The van der Waals surface area contributed by atoms with Gasteiger partial charge in [-0.1, -0.05) is 24.3 Å². The fourth-order valence-corrected chi connectivity index (χ4v) is 2.52. The van der Waals surface area contributed by atoms with Crippen LogP contribution in [0.3, 0.4) is 0 Å². The van der Waals surface area contributed by atoms with Crippen LogP contribution in [-0.2, 0) is 24.4 Å². The molecule has 0 saturated carbocycles. The number of carbonyl (C=O) groups is 1. The molecule has 166 valence electrons. The molecule has 1 aromatic heterocycles. The van der Waals surface area contributed by atoms with Gasteiger partial charge in [0.15, 0.2) is 5.96 Å². The van der Waals surface area contributed by atoms with E-state index in [0.717, 1.165) is 29.4 Å². The van der Waals surface area contributed by atoms with Gasteiger partial charge in [0.25, 0.3) is 0 Å². The molecule has 0 spiro atoms. The highest BCUT2D eigenvalue weighted by Gasteiger charge is 2.19. The number of furan rings is 1. The number of carbonyl (C=O) groups excluding carboxylic acids is 1. The van der Waals surface area contributed by atoms with Gasteiger partial charge in [-0.2, -0.15) is 0 Å². The summed E-state index contributed by atoms with van der Waals surface area (Å²) >= 11 is 0. The molecule has 0 aliphatic heterocycles. The average Bonchev–Trinajstić information content (AvgIpc) is 3.17. The predicted molar refractivity (Wildman–Crippen MR) is 130 cm³/mol. The average molecular weight is 528 g/mol. The molecule has 1 heterocycles. The summed E-state index contributed by atoms with van der Waals surface area (Å²) in [6, 6.07) is 11.9. The lowest BCUT2D eigenvalue weighted by Crippen LogP contribution is -2.36. The Kier molecular flexibility index (Phi) is 10.7. The minimum absolute atomic E-state index is 0. The molecule has 0 aliphatic carbocycles.